The number of amides is 1. The predicted octanol–water partition coefficient (Wildman–Crippen LogP) is 3.00. The number of imidazole rings is 1. The monoisotopic (exact) mass is 425 g/mol. The summed E-state index contributed by atoms with van der Waals surface area (Å²) in [7, 11) is 0. The van der Waals surface area contributed by atoms with E-state index in [4.69, 9.17) is 4.74 Å². The highest BCUT2D eigenvalue weighted by molar-refractivity contribution is 5.95. The van der Waals surface area contributed by atoms with E-state index in [1.54, 1.807) is 40.1 Å². The summed E-state index contributed by atoms with van der Waals surface area (Å²) in [6.45, 7) is 1.98. The number of nitro groups is 1. The average Bonchev–Trinajstić information content (AvgIpc) is 3.32. The van der Waals surface area contributed by atoms with E-state index in [0.29, 0.717) is 37.6 Å². The van der Waals surface area contributed by atoms with Crippen molar-refractivity contribution in [2.75, 3.05) is 31.6 Å². The SMILES string of the molecule is O=C(c1ccc(NCc2ccc(-n3ccnc3)c(F)c2)c([N+](=O)[O-])c1)N1CCOCC1. The van der Waals surface area contributed by atoms with Gasteiger partial charge in [-0.15, -0.1) is 0 Å². The zero-order valence-electron chi connectivity index (χ0n) is 16.5. The highest BCUT2D eigenvalue weighted by Gasteiger charge is 2.22. The molecule has 0 unspecified atom stereocenters. The van der Waals surface area contributed by atoms with Gasteiger partial charge in [0.05, 0.1) is 30.2 Å². The summed E-state index contributed by atoms with van der Waals surface area (Å²) in [5.74, 6) is -0.701. The minimum atomic E-state index is -0.541. The molecule has 0 aliphatic carbocycles. The number of ether oxygens (including phenoxy) is 1. The van der Waals surface area contributed by atoms with E-state index in [0.717, 1.165) is 0 Å². The number of carbonyl (C=O) groups excluding carboxylic acids is 1. The fraction of sp³-hybridized carbons (Fsp3) is 0.238. The number of carbonyl (C=O) groups is 1. The van der Waals surface area contributed by atoms with Gasteiger partial charge in [0.1, 0.15) is 11.5 Å². The van der Waals surface area contributed by atoms with Gasteiger partial charge in [0.15, 0.2) is 0 Å². The van der Waals surface area contributed by atoms with Crippen LogP contribution in [0.25, 0.3) is 5.69 Å². The van der Waals surface area contributed by atoms with Gasteiger partial charge in [-0.3, -0.25) is 14.9 Å². The first kappa shape index (κ1) is 20.5. The van der Waals surface area contributed by atoms with Crippen molar-refractivity contribution in [2.45, 2.75) is 6.54 Å². The Labute approximate surface area is 177 Å². The molecule has 0 spiro atoms. The van der Waals surface area contributed by atoms with Gasteiger partial charge in [-0.2, -0.15) is 0 Å². The van der Waals surface area contributed by atoms with Crippen molar-refractivity contribution in [3.8, 4) is 5.69 Å². The summed E-state index contributed by atoms with van der Waals surface area (Å²) in [6.07, 6.45) is 4.69. The number of halogens is 1. The number of nitrogens with one attached hydrogen (secondary N) is 1. The first-order valence-electron chi connectivity index (χ1n) is 9.69. The van der Waals surface area contributed by atoms with Crippen LogP contribution in [-0.2, 0) is 11.3 Å². The maximum Gasteiger partial charge on any atom is 0.293 e. The lowest BCUT2D eigenvalue weighted by Gasteiger charge is -2.26. The molecule has 1 aromatic heterocycles. The van der Waals surface area contributed by atoms with Gasteiger partial charge < -0.3 is 19.5 Å². The second kappa shape index (κ2) is 8.92. The lowest BCUT2D eigenvalue weighted by Crippen LogP contribution is -2.40. The Morgan fingerprint density at radius 1 is 1.23 bits per heavy atom. The van der Waals surface area contributed by atoms with Crippen LogP contribution >= 0.6 is 0 Å². The highest BCUT2D eigenvalue weighted by Crippen LogP contribution is 2.27. The van der Waals surface area contributed by atoms with E-state index in [2.05, 4.69) is 10.3 Å². The molecule has 1 saturated heterocycles. The molecule has 1 fully saturated rings. The number of morpholine rings is 1. The van der Waals surface area contributed by atoms with Crippen molar-refractivity contribution >= 4 is 17.3 Å². The molecule has 1 N–H and O–H groups in total. The average molecular weight is 425 g/mol. The van der Waals surface area contributed by atoms with E-state index in [1.807, 2.05) is 0 Å². The van der Waals surface area contributed by atoms with Crippen LogP contribution < -0.4 is 5.32 Å². The Kier molecular flexibility index (Phi) is 5.89. The molecule has 0 saturated carbocycles. The summed E-state index contributed by atoms with van der Waals surface area (Å²) in [5.41, 5.74) is 1.26. The first-order chi connectivity index (χ1) is 15.0. The molecule has 4 rings (SSSR count). The number of hydrogen-bond donors (Lipinski definition) is 1. The Hall–Kier alpha value is -3.79. The van der Waals surface area contributed by atoms with E-state index >= 15 is 0 Å². The lowest BCUT2D eigenvalue weighted by atomic mass is 10.1. The highest BCUT2D eigenvalue weighted by atomic mass is 19.1. The zero-order chi connectivity index (χ0) is 21.8. The number of hydrogen-bond acceptors (Lipinski definition) is 6. The molecule has 0 radical (unpaired) electrons. The molecule has 1 amide bonds. The van der Waals surface area contributed by atoms with E-state index in [1.165, 1.54) is 24.5 Å². The Morgan fingerprint density at radius 3 is 2.71 bits per heavy atom. The van der Waals surface area contributed by atoms with Gasteiger partial charge in [0, 0.05) is 43.7 Å². The second-order valence-electron chi connectivity index (χ2n) is 7.00. The van der Waals surface area contributed by atoms with Crippen molar-refractivity contribution in [1.29, 1.82) is 0 Å². The molecule has 9 nitrogen and oxygen atoms in total. The minimum Gasteiger partial charge on any atom is -0.378 e. The number of rotatable bonds is 6. The number of anilines is 1. The molecule has 2 aromatic carbocycles. The summed E-state index contributed by atoms with van der Waals surface area (Å²) >= 11 is 0. The topological polar surface area (TPSA) is 103 Å². The predicted molar refractivity (Wildman–Crippen MR) is 111 cm³/mol. The normalized spacial score (nSPS) is 13.8. The third-order valence-corrected chi connectivity index (χ3v) is 5.02. The zero-order valence-corrected chi connectivity index (χ0v) is 16.5. The fourth-order valence-electron chi connectivity index (χ4n) is 3.38. The van der Waals surface area contributed by atoms with E-state index in [-0.39, 0.29) is 29.4 Å². The van der Waals surface area contributed by atoms with Crippen molar-refractivity contribution in [3.05, 3.63) is 82.2 Å². The van der Waals surface area contributed by atoms with Crippen LogP contribution in [0.4, 0.5) is 15.8 Å². The van der Waals surface area contributed by atoms with Crippen LogP contribution in [0.15, 0.2) is 55.1 Å². The van der Waals surface area contributed by atoms with Crippen LogP contribution in [-0.4, -0.2) is 51.6 Å². The molecule has 0 atom stereocenters. The summed E-state index contributed by atoms with van der Waals surface area (Å²) in [6, 6.07) is 9.03. The van der Waals surface area contributed by atoms with Gasteiger partial charge in [-0.25, -0.2) is 9.37 Å². The summed E-state index contributed by atoms with van der Waals surface area (Å²) in [4.78, 5) is 29.1. The van der Waals surface area contributed by atoms with Crippen molar-refractivity contribution < 1.29 is 18.8 Å². The fourth-order valence-corrected chi connectivity index (χ4v) is 3.38. The van der Waals surface area contributed by atoms with Gasteiger partial charge in [0.25, 0.3) is 11.6 Å². The molecule has 0 bridgehead atoms. The lowest BCUT2D eigenvalue weighted by molar-refractivity contribution is -0.384. The number of benzene rings is 2. The van der Waals surface area contributed by atoms with Gasteiger partial charge >= 0.3 is 0 Å². The van der Waals surface area contributed by atoms with Crippen LogP contribution in [0.1, 0.15) is 15.9 Å². The third kappa shape index (κ3) is 4.53. The Balaban J connectivity index is 1.50. The standard InChI is InChI=1S/C21H20FN5O4/c22-17-11-15(1-4-19(17)26-6-5-23-14-26)13-24-18-3-2-16(12-20(18)27(29)30)21(28)25-7-9-31-10-8-25/h1-6,11-12,14,24H,7-10,13H2. The molecule has 2 heterocycles. The Morgan fingerprint density at radius 2 is 2.03 bits per heavy atom. The number of nitrogens with zero attached hydrogens (tertiary/aromatic N) is 4. The molecule has 1 aliphatic rings. The molecular weight excluding hydrogens is 405 g/mol. The third-order valence-electron chi connectivity index (χ3n) is 5.02. The summed E-state index contributed by atoms with van der Waals surface area (Å²) < 4.78 is 21.2. The van der Waals surface area contributed by atoms with Crippen LogP contribution in [0.3, 0.4) is 0 Å². The van der Waals surface area contributed by atoms with Gasteiger partial charge in [0.2, 0.25) is 0 Å². The van der Waals surface area contributed by atoms with Crippen LogP contribution in [0.5, 0.6) is 0 Å². The van der Waals surface area contributed by atoms with Gasteiger partial charge in [-0.1, -0.05) is 6.07 Å². The molecule has 31 heavy (non-hydrogen) atoms. The Bertz CT molecular complexity index is 1100. The second-order valence-corrected chi connectivity index (χ2v) is 7.00. The largest absolute Gasteiger partial charge is 0.378 e. The molecule has 1 aliphatic heterocycles. The molecule has 3 aromatic rings. The van der Waals surface area contributed by atoms with Gasteiger partial charge in [-0.05, 0) is 29.8 Å². The summed E-state index contributed by atoms with van der Waals surface area (Å²) in [5, 5.41) is 14.5. The number of nitro benzene ring substituents is 1. The quantitative estimate of drug-likeness (QED) is 0.481. The maximum absolute atomic E-state index is 14.4. The molecule has 160 valence electrons. The first-order valence-corrected chi connectivity index (χ1v) is 9.69. The van der Waals surface area contributed by atoms with Crippen molar-refractivity contribution in [1.82, 2.24) is 14.5 Å². The van der Waals surface area contributed by atoms with Crippen LogP contribution in [0, 0.1) is 15.9 Å². The van der Waals surface area contributed by atoms with Crippen molar-refractivity contribution in [3.63, 3.8) is 0 Å². The number of aromatic nitrogens is 2. The van der Waals surface area contributed by atoms with E-state index < -0.39 is 10.7 Å². The maximum atomic E-state index is 14.4. The smallest absolute Gasteiger partial charge is 0.293 e. The minimum absolute atomic E-state index is 0.179. The molecular formula is C21H20FN5O4. The van der Waals surface area contributed by atoms with Crippen molar-refractivity contribution in [2.24, 2.45) is 0 Å². The van der Waals surface area contributed by atoms with Crippen LogP contribution in [0.2, 0.25) is 0 Å². The van der Waals surface area contributed by atoms with E-state index in [9.17, 15) is 19.3 Å². The molecule has 10 heteroatoms.